The minimum absolute atomic E-state index is 0.179. The SMILES string of the molecule is CN1CCCCC1CCN1CC(=O)NC1=O. The molecule has 0 aromatic carbocycles. The fourth-order valence-corrected chi connectivity index (χ4v) is 2.48. The molecule has 1 atom stereocenters. The molecule has 0 aromatic rings. The predicted molar refractivity (Wildman–Crippen MR) is 60.0 cm³/mol. The number of hydrogen-bond acceptors (Lipinski definition) is 3. The fraction of sp³-hybridized carbons (Fsp3) is 0.818. The summed E-state index contributed by atoms with van der Waals surface area (Å²) in [5, 5.41) is 2.30. The normalized spacial score (nSPS) is 27.3. The molecule has 1 N–H and O–H groups in total. The number of carbonyl (C=O) groups excluding carboxylic acids is 2. The lowest BCUT2D eigenvalue weighted by molar-refractivity contribution is -0.118. The number of likely N-dealkylation sites (tertiary alicyclic amines) is 1. The fourth-order valence-electron chi connectivity index (χ4n) is 2.48. The second-order valence-electron chi connectivity index (χ2n) is 4.69. The van der Waals surface area contributed by atoms with Crippen molar-refractivity contribution in [2.75, 3.05) is 26.7 Å². The van der Waals surface area contributed by atoms with E-state index in [0.717, 1.165) is 13.0 Å². The summed E-state index contributed by atoms with van der Waals surface area (Å²) >= 11 is 0. The van der Waals surface area contributed by atoms with Crippen LogP contribution in [0.5, 0.6) is 0 Å². The molecule has 2 fully saturated rings. The van der Waals surface area contributed by atoms with Gasteiger partial charge in [-0.3, -0.25) is 10.1 Å². The van der Waals surface area contributed by atoms with E-state index < -0.39 is 0 Å². The van der Waals surface area contributed by atoms with Gasteiger partial charge >= 0.3 is 6.03 Å². The van der Waals surface area contributed by atoms with Crippen LogP contribution in [0.3, 0.4) is 0 Å². The number of carbonyl (C=O) groups is 2. The maximum Gasteiger partial charge on any atom is 0.324 e. The van der Waals surface area contributed by atoms with E-state index in [0.29, 0.717) is 12.6 Å². The maximum atomic E-state index is 11.3. The van der Waals surface area contributed by atoms with E-state index in [4.69, 9.17) is 0 Å². The van der Waals surface area contributed by atoms with E-state index in [9.17, 15) is 9.59 Å². The number of nitrogens with one attached hydrogen (secondary N) is 1. The summed E-state index contributed by atoms with van der Waals surface area (Å²) in [5.74, 6) is -0.179. The molecule has 0 saturated carbocycles. The molecular weight excluding hydrogens is 206 g/mol. The zero-order chi connectivity index (χ0) is 11.5. The monoisotopic (exact) mass is 225 g/mol. The Bertz CT molecular complexity index is 293. The van der Waals surface area contributed by atoms with Gasteiger partial charge in [-0.25, -0.2) is 4.79 Å². The van der Waals surface area contributed by atoms with Crippen molar-refractivity contribution in [2.45, 2.75) is 31.7 Å². The highest BCUT2D eigenvalue weighted by Gasteiger charge is 2.27. The van der Waals surface area contributed by atoms with Crippen molar-refractivity contribution in [2.24, 2.45) is 0 Å². The second-order valence-corrected chi connectivity index (χ2v) is 4.69. The Morgan fingerprint density at radius 2 is 2.19 bits per heavy atom. The van der Waals surface area contributed by atoms with E-state index in [1.165, 1.54) is 19.3 Å². The lowest BCUT2D eigenvalue weighted by Crippen LogP contribution is -2.39. The van der Waals surface area contributed by atoms with Crippen LogP contribution in [-0.4, -0.2) is 54.5 Å². The summed E-state index contributed by atoms with van der Waals surface area (Å²) in [5.41, 5.74) is 0. The average Bonchev–Trinajstić information content (AvgIpc) is 2.56. The molecule has 2 rings (SSSR count). The van der Waals surface area contributed by atoms with Crippen molar-refractivity contribution < 1.29 is 9.59 Å². The zero-order valence-electron chi connectivity index (χ0n) is 9.74. The first-order chi connectivity index (χ1) is 7.66. The van der Waals surface area contributed by atoms with Crippen LogP contribution in [0.15, 0.2) is 0 Å². The number of urea groups is 1. The van der Waals surface area contributed by atoms with Gasteiger partial charge < -0.3 is 9.80 Å². The van der Waals surface area contributed by atoms with E-state index in [2.05, 4.69) is 17.3 Å². The molecule has 2 heterocycles. The topological polar surface area (TPSA) is 52.6 Å². The molecule has 0 bridgehead atoms. The third-order valence-corrected chi connectivity index (χ3v) is 3.52. The van der Waals surface area contributed by atoms with Crippen LogP contribution >= 0.6 is 0 Å². The van der Waals surface area contributed by atoms with Crippen LogP contribution in [-0.2, 0) is 4.79 Å². The average molecular weight is 225 g/mol. The first-order valence-corrected chi connectivity index (χ1v) is 5.96. The van der Waals surface area contributed by atoms with Gasteiger partial charge in [-0.05, 0) is 32.9 Å². The summed E-state index contributed by atoms with van der Waals surface area (Å²) in [6.07, 6.45) is 4.73. The molecule has 0 spiro atoms. The number of hydrogen-bond donors (Lipinski definition) is 1. The van der Waals surface area contributed by atoms with Crippen molar-refractivity contribution in [3.05, 3.63) is 0 Å². The predicted octanol–water partition coefficient (Wildman–Crippen LogP) is 0.413. The van der Waals surface area contributed by atoms with Crippen LogP contribution in [0.2, 0.25) is 0 Å². The summed E-state index contributed by atoms with van der Waals surface area (Å²) in [6.45, 7) is 2.07. The second kappa shape index (κ2) is 4.82. The highest BCUT2D eigenvalue weighted by Crippen LogP contribution is 2.18. The van der Waals surface area contributed by atoms with Gasteiger partial charge in [0.1, 0.15) is 6.54 Å². The number of imide groups is 1. The van der Waals surface area contributed by atoms with E-state index in [1.807, 2.05) is 0 Å². The van der Waals surface area contributed by atoms with Gasteiger partial charge in [-0.15, -0.1) is 0 Å². The van der Waals surface area contributed by atoms with Gasteiger partial charge in [0.25, 0.3) is 0 Å². The molecule has 3 amide bonds. The Balaban J connectivity index is 1.78. The molecule has 1 unspecified atom stereocenters. The Morgan fingerprint density at radius 3 is 2.81 bits per heavy atom. The van der Waals surface area contributed by atoms with Crippen molar-refractivity contribution in [3.8, 4) is 0 Å². The standard InChI is InChI=1S/C11H19N3O2/c1-13-6-3-2-4-9(13)5-7-14-8-10(15)12-11(14)16/h9H,2-8H2,1H3,(H,12,15,16). The van der Waals surface area contributed by atoms with Gasteiger partial charge in [0.15, 0.2) is 0 Å². The number of rotatable bonds is 3. The lowest BCUT2D eigenvalue weighted by Gasteiger charge is -2.33. The summed E-state index contributed by atoms with van der Waals surface area (Å²) in [7, 11) is 2.14. The van der Waals surface area contributed by atoms with Crippen LogP contribution in [0.1, 0.15) is 25.7 Å². The van der Waals surface area contributed by atoms with Crippen molar-refractivity contribution in [1.82, 2.24) is 15.1 Å². The molecule has 16 heavy (non-hydrogen) atoms. The van der Waals surface area contributed by atoms with E-state index in [1.54, 1.807) is 4.90 Å². The first-order valence-electron chi connectivity index (χ1n) is 5.96. The Morgan fingerprint density at radius 1 is 1.38 bits per heavy atom. The smallest absolute Gasteiger partial charge is 0.315 e. The molecule has 5 nitrogen and oxygen atoms in total. The summed E-state index contributed by atoms with van der Waals surface area (Å²) in [4.78, 5) is 26.3. The largest absolute Gasteiger partial charge is 0.324 e. The molecule has 2 aliphatic heterocycles. The lowest BCUT2D eigenvalue weighted by atomic mass is 10.00. The van der Waals surface area contributed by atoms with Gasteiger partial charge in [0.2, 0.25) is 5.91 Å². The molecule has 5 heteroatoms. The quantitative estimate of drug-likeness (QED) is 0.708. The van der Waals surface area contributed by atoms with Crippen molar-refractivity contribution in [3.63, 3.8) is 0 Å². The molecule has 2 saturated heterocycles. The summed E-state index contributed by atoms with van der Waals surface area (Å²) in [6, 6.07) is 0.334. The first kappa shape index (κ1) is 11.4. The Labute approximate surface area is 95.8 Å². The molecular formula is C11H19N3O2. The van der Waals surface area contributed by atoms with Gasteiger partial charge in [0, 0.05) is 12.6 Å². The zero-order valence-corrected chi connectivity index (χ0v) is 9.74. The Kier molecular flexibility index (Phi) is 3.43. The Hall–Kier alpha value is -1.10. The van der Waals surface area contributed by atoms with Crippen LogP contribution in [0.25, 0.3) is 0 Å². The third kappa shape index (κ3) is 2.52. The summed E-state index contributed by atoms with van der Waals surface area (Å²) < 4.78 is 0. The highest BCUT2D eigenvalue weighted by atomic mass is 16.2. The van der Waals surface area contributed by atoms with Crippen molar-refractivity contribution in [1.29, 1.82) is 0 Å². The van der Waals surface area contributed by atoms with Gasteiger partial charge in [-0.1, -0.05) is 6.42 Å². The number of nitrogens with zero attached hydrogens (tertiary/aromatic N) is 2. The van der Waals surface area contributed by atoms with Crippen LogP contribution in [0, 0.1) is 0 Å². The van der Waals surface area contributed by atoms with Crippen LogP contribution in [0.4, 0.5) is 4.79 Å². The molecule has 0 aliphatic carbocycles. The molecule has 90 valence electrons. The minimum atomic E-state index is -0.233. The highest BCUT2D eigenvalue weighted by molar-refractivity contribution is 6.01. The molecule has 0 radical (unpaired) electrons. The van der Waals surface area contributed by atoms with Crippen LogP contribution < -0.4 is 5.32 Å². The minimum Gasteiger partial charge on any atom is -0.315 e. The van der Waals surface area contributed by atoms with E-state index >= 15 is 0 Å². The van der Waals surface area contributed by atoms with Gasteiger partial charge in [-0.2, -0.15) is 0 Å². The van der Waals surface area contributed by atoms with E-state index in [-0.39, 0.29) is 18.5 Å². The number of amides is 3. The third-order valence-electron chi connectivity index (χ3n) is 3.52. The molecule has 0 aromatic heterocycles. The van der Waals surface area contributed by atoms with Gasteiger partial charge in [0.05, 0.1) is 0 Å². The number of piperidine rings is 1. The molecule has 2 aliphatic rings. The van der Waals surface area contributed by atoms with Crippen molar-refractivity contribution >= 4 is 11.9 Å². The maximum absolute atomic E-state index is 11.3.